The van der Waals surface area contributed by atoms with Gasteiger partial charge < -0.3 is 19.3 Å². The maximum absolute atomic E-state index is 13.9. The number of nitrogens with zero attached hydrogens (tertiary/aromatic N) is 6. The molecule has 3 fully saturated rings. The predicted molar refractivity (Wildman–Crippen MR) is 172 cm³/mol. The van der Waals surface area contributed by atoms with Crippen molar-refractivity contribution in [3.05, 3.63) is 46.0 Å². The Morgan fingerprint density at radius 3 is 2.25 bits per heavy atom. The predicted octanol–water partition coefficient (Wildman–Crippen LogP) is 4.91. The summed E-state index contributed by atoms with van der Waals surface area (Å²) in [7, 11) is 0. The Balaban J connectivity index is 1.11. The molecule has 5 heterocycles. The lowest BCUT2D eigenvalue weighted by Gasteiger charge is -2.41. The molecule has 0 saturated carbocycles. The van der Waals surface area contributed by atoms with Crippen LogP contribution in [0.25, 0.3) is 0 Å². The van der Waals surface area contributed by atoms with E-state index in [4.69, 9.17) is 16.6 Å². The van der Waals surface area contributed by atoms with E-state index in [1.165, 1.54) is 18.5 Å². The van der Waals surface area contributed by atoms with Gasteiger partial charge in [-0.25, -0.2) is 4.98 Å². The van der Waals surface area contributed by atoms with Crippen LogP contribution in [0.15, 0.2) is 18.2 Å². The largest absolute Gasteiger partial charge is 0.343 e. The smallest absolute Gasteiger partial charge is 0.230 e. The number of aromatic nitrogens is 2. The Kier molecular flexibility index (Phi) is 9.07. The summed E-state index contributed by atoms with van der Waals surface area (Å²) in [6.45, 7) is 11.7. The summed E-state index contributed by atoms with van der Waals surface area (Å²) < 4.78 is 2.51. The number of carbonyl (C=O) groups excluding carboxylic acids is 3. The number of carbonyl (C=O) groups is 3. The highest BCUT2D eigenvalue weighted by Crippen LogP contribution is 2.42. The average Bonchev–Trinajstić information content (AvgIpc) is 3.45. The number of benzene rings is 1. The average molecular weight is 623 g/mol. The summed E-state index contributed by atoms with van der Waals surface area (Å²) in [5, 5.41) is 0.679. The van der Waals surface area contributed by atoms with E-state index < -0.39 is 0 Å². The molecule has 3 atom stereocenters. The molecular formula is C34H47ClN6O3. The first-order valence-electron chi connectivity index (χ1n) is 16.5. The highest BCUT2D eigenvalue weighted by atomic mass is 35.5. The summed E-state index contributed by atoms with van der Waals surface area (Å²) in [6.07, 6.45) is 7.89. The minimum Gasteiger partial charge on any atom is -0.343 e. The lowest BCUT2D eigenvalue weighted by atomic mass is 9.94. The van der Waals surface area contributed by atoms with Crippen LogP contribution in [0.4, 0.5) is 5.69 Å². The normalized spacial score (nSPS) is 24.0. The molecule has 3 amide bonds. The van der Waals surface area contributed by atoms with Crippen molar-refractivity contribution in [3.8, 4) is 0 Å². The second kappa shape index (κ2) is 12.8. The molecular weight excluding hydrogens is 576 g/mol. The van der Waals surface area contributed by atoms with Crippen LogP contribution in [0.1, 0.15) is 87.6 Å². The molecule has 0 spiro atoms. The molecule has 44 heavy (non-hydrogen) atoms. The fraction of sp³-hybridized carbons (Fsp3) is 0.647. The van der Waals surface area contributed by atoms with E-state index in [2.05, 4.69) is 16.4 Å². The Bertz CT molecular complexity index is 1400. The van der Waals surface area contributed by atoms with Crippen molar-refractivity contribution in [1.82, 2.24) is 24.3 Å². The Hall–Kier alpha value is -2.91. The first-order chi connectivity index (χ1) is 21.1. The number of amides is 3. The molecule has 2 aromatic rings. The molecule has 1 aromatic heterocycles. The monoisotopic (exact) mass is 622 g/mol. The van der Waals surface area contributed by atoms with Crippen molar-refractivity contribution >= 4 is 35.0 Å². The zero-order chi connectivity index (χ0) is 31.1. The number of imidazole rings is 1. The topological polar surface area (TPSA) is 82.0 Å². The van der Waals surface area contributed by atoms with Crippen LogP contribution >= 0.6 is 11.6 Å². The van der Waals surface area contributed by atoms with Crippen molar-refractivity contribution < 1.29 is 14.4 Å². The van der Waals surface area contributed by atoms with E-state index in [1.807, 2.05) is 39.8 Å². The van der Waals surface area contributed by atoms with E-state index >= 15 is 0 Å². The van der Waals surface area contributed by atoms with Gasteiger partial charge in [-0.2, -0.15) is 0 Å². The summed E-state index contributed by atoms with van der Waals surface area (Å²) in [5.74, 6) is 1.36. The first-order valence-corrected chi connectivity index (χ1v) is 16.9. The zero-order valence-electron chi connectivity index (χ0n) is 26.7. The van der Waals surface area contributed by atoms with Gasteiger partial charge in [0.2, 0.25) is 17.7 Å². The van der Waals surface area contributed by atoms with Gasteiger partial charge in [0.15, 0.2) is 0 Å². The van der Waals surface area contributed by atoms with Crippen LogP contribution in [0.3, 0.4) is 0 Å². The highest BCUT2D eigenvalue weighted by molar-refractivity contribution is 6.31. The lowest BCUT2D eigenvalue weighted by Crippen LogP contribution is -2.46. The quantitative estimate of drug-likeness (QED) is 0.438. The van der Waals surface area contributed by atoms with Gasteiger partial charge in [0.05, 0.1) is 12.2 Å². The van der Waals surface area contributed by atoms with Crippen molar-refractivity contribution in [1.29, 1.82) is 0 Å². The number of anilines is 1. The molecule has 0 aliphatic carbocycles. The van der Waals surface area contributed by atoms with E-state index in [-0.39, 0.29) is 23.6 Å². The van der Waals surface area contributed by atoms with Gasteiger partial charge in [-0.05, 0) is 76.5 Å². The maximum atomic E-state index is 13.9. The highest BCUT2D eigenvalue weighted by Gasteiger charge is 2.42. The fourth-order valence-corrected chi connectivity index (χ4v) is 8.48. The molecule has 1 aromatic carbocycles. The van der Waals surface area contributed by atoms with Crippen LogP contribution in [0.5, 0.6) is 0 Å². The molecule has 10 heteroatoms. The second-order valence-electron chi connectivity index (χ2n) is 13.4. The summed E-state index contributed by atoms with van der Waals surface area (Å²) in [5.41, 5.74) is 4.28. The molecule has 0 N–H and O–H groups in total. The third kappa shape index (κ3) is 6.14. The van der Waals surface area contributed by atoms with Crippen molar-refractivity contribution in [2.75, 3.05) is 37.6 Å². The standard InChI is InChI=1S/C34H47ClN6O3/c1-22-6-7-29(20-31(22)35)40(34(44)26-10-15-37(16-11-26)24(3)42)14-5-13-39-27-8-9-28(39)19-30(18-27)41-23(2)36-32-21-38(25(4)43)17-12-33(32)41/h6-7,20,26-28,30H,5,8-19,21H2,1-4H3/t27-,28+,30?. The van der Waals surface area contributed by atoms with E-state index in [1.54, 1.807) is 13.8 Å². The van der Waals surface area contributed by atoms with E-state index in [0.29, 0.717) is 62.2 Å². The van der Waals surface area contributed by atoms with Gasteiger partial charge in [-0.15, -0.1) is 0 Å². The number of likely N-dealkylation sites (tertiary alicyclic amines) is 1. The van der Waals surface area contributed by atoms with E-state index in [9.17, 15) is 14.4 Å². The number of halogens is 1. The Labute approximate surface area is 266 Å². The summed E-state index contributed by atoms with van der Waals surface area (Å²) in [4.78, 5) is 51.1. The van der Waals surface area contributed by atoms with Crippen LogP contribution in [-0.4, -0.2) is 86.8 Å². The molecule has 2 bridgehead atoms. The number of hydrogen-bond donors (Lipinski definition) is 0. The number of hydrogen-bond acceptors (Lipinski definition) is 5. The van der Waals surface area contributed by atoms with Gasteiger partial charge in [-0.3, -0.25) is 19.3 Å². The van der Waals surface area contributed by atoms with Gasteiger partial charge in [-0.1, -0.05) is 17.7 Å². The molecule has 1 unspecified atom stereocenters. The first kappa shape index (κ1) is 31.1. The van der Waals surface area contributed by atoms with Crippen molar-refractivity contribution in [2.45, 2.75) is 104 Å². The fourth-order valence-electron chi connectivity index (χ4n) is 8.30. The molecule has 6 rings (SSSR count). The van der Waals surface area contributed by atoms with Crippen LogP contribution in [0.2, 0.25) is 5.02 Å². The number of rotatable bonds is 7. The minimum absolute atomic E-state index is 0.0792. The number of piperidine rings is 2. The minimum atomic E-state index is -0.0792. The lowest BCUT2D eigenvalue weighted by molar-refractivity contribution is -0.133. The van der Waals surface area contributed by atoms with Gasteiger partial charge in [0.25, 0.3) is 0 Å². The molecule has 238 valence electrons. The molecule has 9 nitrogen and oxygen atoms in total. The molecule has 4 aliphatic rings. The van der Waals surface area contributed by atoms with Crippen LogP contribution in [-0.2, 0) is 27.3 Å². The summed E-state index contributed by atoms with van der Waals surface area (Å²) in [6, 6.07) is 7.49. The Morgan fingerprint density at radius 1 is 0.932 bits per heavy atom. The van der Waals surface area contributed by atoms with Gasteiger partial charge in [0.1, 0.15) is 5.82 Å². The third-order valence-electron chi connectivity index (χ3n) is 10.7. The van der Waals surface area contributed by atoms with Crippen molar-refractivity contribution in [2.24, 2.45) is 5.92 Å². The van der Waals surface area contributed by atoms with Crippen LogP contribution < -0.4 is 4.90 Å². The zero-order valence-corrected chi connectivity index (χ0v) is 27.5. The molecule has 0 radical (unpaired) electrons. The molecule has 4 aliphatic heterocycles. The Morgan fingerprint density at radius 2 is 1.61 bits per heavy atom. The number of aryl methyl sites for hydroxylation is 2. The van der Waals surface area contributed by atoms with Gasteiger partial charge >= 0.3 is 0 Å². The second-order valence-corrected chi connectivity index (χ2v) is 13.8. The molecule has 3 saturated heterocycles. The summed E-state index contributed by atoms with van der Waals surface area (Å²) >= 11 is 6.52. The SMILES string of the molecule is CC(=O)N1CCC(C(=O)N(CCCN2[C@@H]3CC[C@H]2CC(n2c(C)nc4c2CCN(C(C)=O)C4)C3)c2ccc(C)c(Cl)c2)CC1. The van der Waals surface area contributed by atoms with Crippen molar-refractivity contribution in [3.63, 3.8) is 0 Å². The van der Waals surface area contributed by atoms with E-state index in [0.717, 1.165) is 61.5 Å². The number of fused-ring (bicyclic) bond motifs is 3. The van der Waals surface area contributed by atoms with Crippen LogP contribution in [0, 0.1) is 19.8 Å². The maximum Gasteiger partial charge on any atom is 0.230 e. The third-order valence-corrected chi connectivity index (χ3v) is 11.1. The van der Waals surface area contributed by atoms with Gasteiger partial charge in [0, 0.05) is 93.4 Å².